The van der Waals surface area contributed by atoms with Crippen LogP contribution in [0.1, 0.15) is 45.4 Å². The van der Waals surface area contributed by atoms with Crippen molar-refractivity contribution in [2.45, 2.75) is 45.4 Å². The summed E-state index contributed by atoms with van der Waals surface area (Å²) in [6, 6.07) is 7.16. The van der Waals surface area contributed by atoms with Crippen LogP contribution in [-0.2, 0) is 4.79 Å². The Hall–Kier alpha value is -1.60. The third-order valence-electron chi connectivity index (χ3n) is 2.78. The van der Waals surface area contributed by atoms with E-state index in [1.807, 2.05) is 12.1 Å². The lowest BCUT2D eigenvalue weighted by atomic mass is 10.1. The summed E-state index contributed by atoms with van der Waals surface area (Å²) in [5.74, 6) is 0.827. The predicted octanol–water partition coefficient (Wildman–Crippen LogP) is 4.39. The van der Waals surface area contributed by atoms with Gasteiger partial charge in [0.2, 0.25) is 6.08 Å². The van der Waals surface area contributed by atoms with Gasteiger partial charge in [-0.1, -0.05) is 39.0 Å². The first-order valence-corrected chi connectivity index (χ1v) is 6.67. The number of hydrogen-bond donors (Lipinski definition) is 0. The number of carbonyl (C=O) groups excluding carboxylic acids is 1. The summed E-state index contributed by atoms with van der Waals surface area (Å²) in [6.45, 7) is 2.98. The van der Waals surface area contributed by atoms with Gasteiger partial charge in [-0.05, 0) is 30.7 Å². The highest BCUT2D eigenvalue weighted by atomic mass is 16.5. The van der Waals surface area contributed by atoms with Gasteiger partial charge in [-0.25, -0.2) is 4.79 Å². The molecule has 0 aromatic heterocycles. The topological polar surface area (TPSA) is 38.7 Å². The smallest absolute Gasteiger partial charge is 0.240 e. The van der Waals surface area contributed by atoms with E-state index in [-0.39, 0.29) is 0 Å². The van der Waals surface area contributed by atoms with Gasteiger partial charge in [0, 0.05) is 0 Å². The third kappa shape index (κ3) is 6.21. The highest BCUT2D eigenvalue weighted by molar-refractivity contribution is 5.49. The second-order valence-corrected chi connectivity index (χ2v) is 4.31. The van der Waals surface area contributed by atoms with Gasteiger partial charge in [0.25, 0.3) is 0 Å². The molecule has 98 valence electrons. The standard InChI is InChI=1S/C15H21NO2/c1-2-3-4-5-6-7-12-18-15-10-8-14(9-11-15)16-13-17/h8-11H,2-7,12H2,1H3. The van der Waals surface area contributed by atoms with Crippen molar-refractivity contribution >= 4 is 11.8 Å². The van der Waals surface area contributed by atoms with Crippen LogP contribution in [-0.4, -0.2) is 12.7 Å². The number of aliphatic imine (C=N–C) groups is 1. The first kappa shape index (κ1) is 14.5. The van der Waals surface area contributed by atoms with E-state index >= 15 is 0 Å². The number of nitrogens with zero attached hydrogens (tertiary/aromatic N) is 1. The maximum Gasteiger partial charge on any atom is 0.240 e. The Kier molecular flexibility index (Phi) is 7.58. The van der Waals surface area contributed by atoms with E-state index < -0.39 is 0 Å². The molecule has 0 bridgehead atoms. The van der Waals surface area contributed by atoms with Crippen molar-refractivity contribution in [1.29, 1.82) is 0 Å². The molecule has 0 unspecified atom stereocenters. The first-order valence-electron chi connectivity index (χ1n) is 6.67. The van der Waals surface area contributed by atoms with Gasteiger partial charge in [-0.15, -0.1) is 0 Å². The lowest BCUT2D eigenvalue weighted by Gasteiger charge is -2.05. The molecule has 0 N–H and O–H groups in total. The Labute approximate surface area is 109 Å². The minimum absolute atomic E-state index is 0.608. The summed E-state index contributed by atoms with van der Waals surface area (Å²) < 4.78 is 5.61. The number of ether oxygens (including phenoxy) is 1. The second kappa shape index (κ2) is 9.43. The summed E-state index contributed by atoms with van der Waals surface area (Å²) in [6.07, 6.45) is 9.08. The molecular formula is C15H21NO2. The zero-order valence-corrected chi connectivity index (χ0v) is 11.0. The SMILES string of the molecule is CCCCCCCCOc1ccc(N=C=O)cc1. The van der Waals surface area contributed by atoms with Crippen molar-refractivity contribution in [2.24, 2.45) is 4.99 Å². The van der Waals surface area contributed by atoms with Crippen molar-refractivity contribution in [2.75, 3.05) is 6.61 Å². The molecule has 0 saturated heterocycles. The fourth-order valence-electron chi connectivity index (χ4n) is 1.74. The zero-order chi connectivity index (χ0) is 13.1. The summed E-state index contributed by atoms with van der Waals surface area (Å²) in [5.41, 5.74) is 0.608. The summed E-state index contributed by atoms with van der Waals surface area (Å²) in [5, 5.41) is 0. The lowest BCUT2D eigenvalue weighted by molar-refractivity contribution is 0.304. The summed E-state index contributed by atoms with van der Waals surface area (Å²) >= 11 is 0. The quantitative estimate of drug-likeness (QED) is 0.368. The van der Waals surface area contributed by atoms with Crippen LogP contribution in [0.3, 0.4) is 0 Å². The average molecular weight is 247 g/mol. The minimum Gasteiger partial charge on any atom is -0.494 e. The molecule has 0 aliphatic rings. The van der Waals surface area contributed by atoms with E-state index in [2.05, 4.69) is 11.9 Å². The molecule has 3 heteroatoms. The average Bonchev–Trinajstić information content (AvgIpc) is 2.40. The van der Waals surface area contributed by atoms with Gasteiger partial charge in [0.05, 0.1) is 12.3 Å². The van der Waals surface area contributed by atoms with Crippen LogP contribution < -0.4 is 4.74 Å². The molecule has 0 spiro atoms. The number of rotatable bonds is 9. The van der Waals surface area contributed by atoms with Crippen LogP contribution in [0.15, 0.2) is 29.3 Å². The molecule has 1 aromatic carbocycles. The molecule has 0 atom stereocenters. The van der Waals surface area contributed by atoms with Crippen LogP contribution in [0.5, 0.6) is 5.75 Å². The predicted molar refractivity (Wildman–Crippen MR) is 73.1 cm³/mol. The molecule has 0 amide bonds. The molecule has 0 fully saturated rings. The Morgan fingerprint density at radius 2 is 1.72 bits per heavy atom. The largest absolute Gasteiger partial charge is 0.494 e. The van der Waals surface area contributed by atoms with Gasteiger partial charge < -0.3 is 4.74 Å². The van der Waals surface area contributed by atoms with Gasteiger partial charge in [0.15, 0.2) is 0 Å². The maximum absolute atomic E-state index is 10.1. The molecule has 0 heterocycles. The number of hydrogen-bond acceptors (Lipinski definition) is 3. The van der Waals surface area contributed by atoms with E-state index in [4.69, 9.17) is 4.74 Å². The Morgan fingerprint density at radius 3 is 2.39 bits per heavy atom. The van der Waals surface area contributed by atoms with Crippen molar-refractivity contribution in [1.82, 2.24) is 0 Å². The number of unbranched alkanes of at least 4 members (excludes halogenated alkanes) is 5. The molecule has 0 aliphatic heterocycles. The Bertz CT molecular complexity index is 367. The second-order valence-electron chi connectivity index (χ2n) is 4.31. The molecular weight excluding hydrogens is 226 g/mol. The summed E-state index contributed by atoms with van der Waals surface area (Å²) in [7, 11) is 0. The van der Waals surface area contributed by atoms with E-state index in [1.54, 1.807) is 12.1 Å². The fraction of sp³-hybridized carbons (Fsp3) is 0.533. The van der Waals surface area contributed by atoms with Crippen molar-refractivity contribution < 1.29 is 9.53 Å². The van der Waals surface area contributed by atoms with Gasteiger partial charge in [-0.3, -0.25) is 0 Å². The normalized spacial score (nSPS) is 9.83. The minimum atomic E-state index is 0.608. The molecule has 0 saturated carbocycles. The number of benzene rings is 1. The lowest BCUT2D eigenvalue weighted by Crippen LogP contribution is -1.96. The third-order valence-corrected chi connectivity index (χ3v) is 2.78. The molecule has 0 radical (unpaired) electrons. The molecule has 0 aliphatic carbocycles. The van der Waals surface area contributed by atoms with E-state index in [9.17, 15) is 4.79 Å². The zero-order valence-electron chi connectivity index (χ0n) is 11.0. The van der Waals surface area contributed by atoms with Crippen molar-refractivity contribution in [3.63, 3.8) is 0 Å². The fourth-order valence-corrected chi connectivity index (χ4v) is 1.74. The Balaban J connectivity index is 2.13. The van der Waals surface area contributed by atoms with Crippen LogP contribution in [0, 0.1) is 0 Å². The monoisotopic (exact) mass is 247 g/mol. The van der Waals surface area contributed by atoms with E-state index in [0.717, 1.165) is 18.8 Å². The molecule has 1 aromatic rings. The van der Waals surface area contributed by atoms with Crippen LogP contribution in [0.25, 0.3) is 0 Å². The Morgan fingerprint density at radius 1 is 1.06 bits per heavy atom. The van der Waals surface area contributed by atoms with Crippen molar-refractivity contribution in [3.05, 3.63) is 24.3 Å². The number of isocyanates is 1. The highest BCUT2D eigenvalue weighted by Gasteiger charge is 1.95. The first-order chi connectivity index (χ1) is 8.86. The van der Waals surface area contributed by atoms with E-state index in [0.29, 0.717) is 5.69 Å². The molecule has 3 nitrogen and oxygen atoms in total. The van der Waals surface area contributed by atoms with Crippen LogP contribution in [0.4, 0.5) is 5.69 Å². The summed E-state index contributed by atoms with van der Waals surface area (Å²) in [4.78, 5) is 13.6. The van der Waals surface area contributed by atoms with Gasteiger partial charge in [0.1, 0.15) is 5.75 Å². The van der Waals surface area contributed by atoms with E-state index in [1.165, 1.54) is 38.2 Å². The molecule has 18 heavy (non-hydrogen) atoms. The molecule has 1 rings (SSSR count). The van der Waals surface area contributed by atoms with Gasteiger partial charge >= 0.3 is 0 Å². The van der Waals surface area contributed by atoms with Gasteiger partial charge in [-0.2, -0.15) is 4.99 Å². The highest BCUT2D eigenvalue weighted by Crippen LogP contribution is 2.17. The van der Waals surface area contributed by atoms with Crippen LogP contribution in [0.2, 0.25) is 0 Å². The van der Waals surface area contributed by atoms with Crippen LogP contribution >= 0.6 is 0 Å². The van der Waals surface area contributed by atoms with Crippen molar-refractivity contribution in [3.8, 4) is 5.75 Å². The maximum atomic E-state index is 10.1.